The predicted molar refractivity (Wildman–Crippen MR) is 81.2 cm³/mol. The topological polar surface area (TPSA) is 34.0 Å². The maximum Gasteiger partial charge on any atom is 0.410 e. The Kier molecular flexibility index (Phi) is 4.76. The molecular weight excluding hydrogens is 264 g/mol. The van der Waals surface area contributed by atoms with E-state index in [9.17, 15) is 4.79 Å². The molecule has 0 aliphatic carbocycles. The number of amides is 1. The van der Waals surface area contributed by atoms with Crippen molar-refractivity contribution in [2.45, 2.75) is 38.3 Å². The molecule has 0 radical (unpaired) electrons. The lowest BCUT2D eigenvalue weighted by atomic mass is 10.2. The monoisotopic (exact) mass is 289 g/mol. The molecule has 2 heterocycles. The fourth-order valence-corrected chi connectivity index (χ4v) is 3.50. The van der Waals surface area contributed by atoms with Crippen LogP contribution in [0.3, 0.4) is 0 Å². The molecule has 1 aromatic rings. The molecular formula is C17H25N2O2+. The van der Waals surface area contributed by atoms with Gasteiger partial charge in [-0.1, -0.05) is 30.3 Å². The third-order valence-corrected chi connectivity index (χ3v) is 4.65. The van der Waals surface area contributed by atoms with Gasteiger partial charge in [0.05, 0.1) is 25.7 Å². The van der Waals surface area contributed by atoms with Crippen molar-refractivity contribution < 1.29 is 14.4 Å². The van der Waals surface area contributed by atoms with E-state index < -0.39 is 0 Å². The van der Waals surface area contributed by atoms with Crippen LogP contribution in [-0.4, -0.2) is 43.2 Å². The Morgan fingerprint density at radius 3 is 2.71 bits per heavy atom. The second-order valence-corrected chi connectivity index (χ2v) is 6.19. The molecule has 114 valence electrons. The number of likely N-dealkylation sites (tertiary alicyclic amines) is 2. The van der Waals surface area contributed by atoms with E-state index in [2.05, 4.69) is 0 Å². The number of benzene rings is 1. The summed E-state index contributed by atoms with van der Waals surface area (Å²) in [4.78, 5) is 15.9. The van der Waals surface area contributed by atoms with Gasteiger partial charge in [0.15, 0.2) is 0 Å². The van der Waals surface area contributed by atoms with Gasteiger partial charge < -0.3 is 9.64 Å². The molecule has 1 atom stereocenters. The molecule has 21 heavy (non-hydrogen) atoms. The first-order valence-corrected chi connectivity index (χ1v) is 8.14. The minimum atomic E-state index is -0.139. The van der Waals surface area contributed by atoms with Crippen molar-refractivity contribution in [3.63, 3.8) is 0 Å². The SMILES string of the molecule is O=C(OCc1ccccc1)N1CCC[C@@H]1C[NH+]1CCCC1. The first-order valence-electron chi connectivity index (χ1n) is 8.14. The molecule has 2 aliphatic rings. The highest BCUT2D eigenvalue weighted by Gasteiger charge is 2.33. The van der Waals surface area contributed by atoms with Crippen molar-refractivity contribution in [1.82, 2.24) is 4.90 Å². The van der Waals surface area contributed by atoms with Crippen molar-refractivity contribution in [3.8, 4) is 0 Å². The number of quaternary nitrogens is 1. The van der Waals surface area contributed by atoms with Gasteiger partial charge >= 0.3 is 6.09 Å². The Labute approximate surface area is 126 Å². The smallest absolute Gasteiger partial charge is 0.410 e. The molecule has 0 spiro atoms. The fraction of sp³-hybridized carbons (Fsp3) is 0.588. The standard InChI is InChI=1S/C17H24N2O2/c20-17(21-14-15-7-2-1-3-8-15)19-12-6-9-16(19)13-18-10-4-5-11-18/h1-3,7-8,16H,4-6,9-14H2/p+1/t16-/m1/s1. The Bertz CT molecular complexity index is 457. The van der Waals surface area contributed by atoms with E-state index in [1.54, 1.807) is 4.90 Å². The summed E-state index contributed by atoms with van der Waals surface area (Å²) in [5.41, 5.74) is 1.05. The van der Waals surface area contributed by atoms with Gasteiger partial charge in [-0.2, -0.15) is 0 Å². The van der Waals surface area contributed by atoms with Crippen LogP contribution in [0, 0.1) is 0 Å². The summed E-state index contributed by atoms with van der Waals surface area (Å²) >= 11 is 0. The minimum absolute atomic E-state index is 0.139. The number of hydrogen-bond donors (Lipinski definition) is 1. The van der Waals surface area contributed by atoms with Gasteiger partial charge in [-0.15, -0.1) is 0 Å². The fourth-order valence-electron chi connectivity index (χ4n) is 3.50. The van der Waals surface area contributed by atoms with Crippen LogP contribution in [0.15, 0.2) is 30.3 Å². The van der Waals surface area contributed by atoms with E-state index in [0.29, 0.717) is 12.6 Å². The lowest BCUT2D eigenvalue weighted by Crippen LogP contribution is -3.11. The lowest BCUT2D eigenvalue weighted by molar-refractivity contribution is -0.889. The average Bonchev–Trinajstić information content (AvgIpc) is 3.18. The zero-order valence-electron chi connectivity index (χ0n) is 12.6. The molecule has 1 amide bonds. The molecule has 1 aromatic carbocycles. The highest BCUT2D eigenvalue weighted by Crippen LogP contribution is 2.18. The van der Waals surface area contributed by atoms with Gasteiger partial charge in [0.2, 0.25) is 0 Å². The Morgan fingerprint density at radius 2 is 1.95 bits per heavy atom. The van der Waals surface area contributed by atoms with Gasteiger partial charge in [-0.25, -0.2) is 4.79 Å². The molecule has 2 fully saturated rings. The van der Waals surface area contributed by atoms with Gasteiger partial charge in [0.1, 0.15) is 6.61 Å². The second kappa shape index (κ2) is 6.94. The molecule has 0 saturated carbocycles. The highest BCUT2D eigenvalue weighted by atomic mass is 16.6. The average molecular weight is 289 g/mol. The molecule has 0 unspecified atom stereocenters. The summed E-state index contributed by atoms with van der Waals surface area (Å²) in [6.45, 7) is 4.86. The number of rotatable bonds is 4. The minimum Gasteiger partial charge on any atom is -0.445 e. The first kappa shape index (κ1) is 14.4. The normalized spacial score (nSPS) is 22.7. The van der Waals surface area contributed by atoms with Crippen LogP contribution < -0.4 is 4.90 Å². The largest absolute Gasteiger partial charge is 0.445 e. The number of carbonyl (C=O) groups is 1. The third-order valence-electron chi connectivity index (χ3n) is 4.65. The molecule has 4 nitrogen and oxygen atoms in total. The van der Waals surface area contributed by atoms with Crippen LogP contribution in [0.5, 0.6) is 0 Å². The summed E-state index contributed by atoms with van der Waals surface area (Å²) < 4.78 is 5.48. The zero-order chi connectivity index (χ0) is 14.5. The highest BCUT2D eigenvalue weighted by molar-refractivity contribution is 5.68. The van der Waals surface area contributed by atoms with Gasteiger partial charge in [-0.05, 0) is 18.4 Å². The van der Waals surface area contributed by atoms with E-state index >= 15 is 0 Å². The molecule has 2 saturated heterocycles. The van der Waals surface area contributed by atoms with Gasteiger partial charge in [0.25, 0.3) is 0 Å². The molecule has 4 heteroatoms. The third kappa shape index (κ3) is 3.76. The molecule has 0 bridgehead atoms. The van der Waals surface area contributed by atoms with Crippen molar-refractivity contribution >= 4 is 6.09 Å². The summed E-state index contributed by atoms with van der Waals surface area (Å²) in [6, 6.07) is 10.3. The van der Waals surface area contributed by atoms with Gasteiger partial charge in [-0.3, -0.25) is 4.90 Å². The van der Waals surface area contributed by atoms with Crippen molar-refractivity contribution in [1.29, 1.82) is 0 Å². The summed E-state index contributed by atoms with van der Waals surface area (Å²) in [6.07, 6.45) is 4.77. The number of ether oxygens (including phenoxy) is 1. The van der Waals surface area contributed by atoms with Gasteiger partial charge in [0, 0.05) is 19.4 Å². The molecule has 3 rings (SSSR count). The first-order chi connectivity index (χ1) is 10.3. The summed E-state index contributed by atoms with van der Waals surface area (Å²) in [5, 5.41) is 0. The maximum atomic E-state index is 12.3. The van der Waals surface area contributed by atoms with Crippen molar-refractivity contribution in [3.05, 3.63) is 35.9 Å². The lowest BCUT2D eigenvalue weighted by Gasteiger charge is -2.26. The Morgan fingerprint density at radius 1 is 1.19 bits per heavy atom. The summed E-state index contributed by atoms with van der Waals surface area (Å²) in [7, 11) is 0. The molecule has 0 aromatic heterocycles. The van der Waals surface area contributed by atoms with Crippen LogP contribution >= 0.6 is 0 Å². The zero-order valence-corrected chi connectivity index (χ0v) is 12.6. The molecule has 1 N–H and O–H groups in total. The molecule has 2 aliphatic heterocycles. The van der Waals surface area contributed by atoms with Crippen LogP contribution in [0.4, 0.5) is 4.79 Å². The van der Waals surface area contributed by atoms with E-state index in [0.717, 1.165) is 31.5 Å². The van der Waals surface area contributed by atoms with Crippen LogP contribution in [0.1, 0.15) is 31.2 Å². The maximum absolute atomic E-state index is 12.3. The van der Waals surface area contributed by atoms with E-state index in [1.165, 1.54) is 25.9 Å². The second-order valence-electron chi connectivity index (χ2n) is 6.19. The quantitative estimate of drug-likeness (QED) is 0.911. The van der Waals surface area contributed by atoms with Crippen LogP contribution in [-0.2, 0) is 11.3 Å². The number of nitrogens with one attached hydrogen (secondary N) is 1. The predicted octanol–water partition coefficient (Wildman–Crippen LogP) is 1.47. The van der Waals surface area contributed by atoms with Crippen LogP contribution in [0.25, 0.3) is 0 Å². The van der Waals surface area contributed by atoms with E-state index in [-0.39, 0.29) is 6.09 Å². The van der Waals surface area contributed by atoms with Crippen molar-refractivity contribution in [2.24, 2.45) is 0 Å². The van der Waals surface area contributed by atoms with Crippen molar-refractivity contribution in [2.75, 3.05) is 26.2 Å². The van der Waals surface area contributed by atoms with Crippen LogP contribution in [0.2, 0.25) is 0 Å². The van der Waals surface area contributed by atoms with E-state index in [4.69, 9.17) is 4.74 Å². The van der Waals surface area contributed by atoms with E-state index in [1.807, 2.05) is 35.2 Å². The Balaban J connectivity index is 1.50. The number of carbonyl (C=O) groups excluding carboxylic acids is 1. The number of nitrogens with zero attached hydrogens (tertiary/aromatic N) is 1. The number of hydrogen-bond acceptors (Lipinski definition) is 2. The Hall–Kier alpha value is -1.55. The summed E-state index contributed by atoms with van der Waals surface area (Å²) in [5.74, 6) is 0.